The maximum absolute atomic E-state index is 9.85. The Morgan fingerprint density at radius 3 is 2.53 bits per heavy atom. The Morgan fingerprint density at radius 1 is 1.29 bits per heavy atom. The van der Waals surface area contributed by atoms with E-state index in [4.69, 9.17) is 0 Å². The summed E-state index contributed by atoms with van der Waals surface area (Å²) >= 11 is 0. The lowest BCUT2D eigenvalue weighted by molar-refractivity contribution is 0.169. The largest absolute Gasteiger partial charge is 0.391 e. The summed E-state index contributed by atoms with van der Waals surface area (Å²) < 4.78 is 1.92. The molecular formula is C13H25N3O. The second-order valence-electron chi connectivity index (χ2n) is 5.29. The number of aliphatic hydroxyl groups is 1. The highest BCUT2D eigenvalue weighted by molar-refractivity contribution is 5.01. The second kappa shape index (κ2) is 6.77. The molecule has 0 fully saturated rings. The van der Waals surface area contributed by atoms with Gasteiger partial charge in [-0.05, 0) is 32.4 Å². The Hall–Kier alpha value is -0.870. The van der Waals surface area contributed by atoms with Gasteiger partial charge in [0.25, 0.3) is 0 Å². The van der Waals surface area contributed by atoms with Gasteiger partial charge in [0, 0.05) is 25.2 Å². The van der Waals surface area contributed by atoms with Crippen LogP contribution in [0.15, 0.2) is 12.3 Å². The molecule has 1 unspecified atom stereocenters. The normalized spacial score (nSPS) is 13.6. The van der Waals surface area contributed by atoms with Gasteiger partial charge in [0.2, 0.25) is 0 Å². The first-order valence-electron chi connectivity index (χ1n) is 6.42. The Labute approximate surface area is 104 Å². The van der Waals surface area contributed by atoms with E-state index < -0.39 is 0 Å². The van der Waals surface area contributed by atoms with Crippen LogP contribution < -0.4 is 5.32 Å². The summed E-state index contributed by atoms with van der Waals surface area (Å²) in [6, 6.07) is 2.35. The predicted molar refractivity (Wildman–Crippen MR) is 70.0 cm³/mol. The molecule has 0 bridgehead atoms. The van der Waals surface area contributed by atoms with E-state index in [1.54, 1.807) is 0 Å². The summed E-state index contributed by atoms with van der Waals surface area (Å²) in [5.41, 5.74) is 0.956. The van der Waals surface area contributed by atoms with Crippen molar-refractivity contribution in [1.29, 1.82) is 0 Å². The molecule has 1 atom stereocenters. The van der Waals surface area contributed by atoms with Gasteiger partial charge < -0.3 is 10.4 Å². The number of hydrogen-bond acceptors (Lipinski definition) is 3. The van der Waals surface area contributed by atoms with Crippen LogP contribution in [0.2, 0.25) is 0 Å². The summed E-state index contributed by atoms with van der Waals surface area (Å²) in [7, 11) is 0. The molecule has 0 aliphatic heterocycles. The minimum absolute atomic E-state index is 0.357. The molecule has 17 heavy (non-hydrogen) atoms. The van der Waals surface area contributed by atoms with Crippen molar-refractivity contribution in [1.82, 2.24) is 15.1 Å². The predicted octanol–water partition coefficient (Wildman–Crippen LogP) is 1.61. The van der Waals surface area contributed by atoms with Crippen LogP contribution in [0.5, 0.6) is 0 Å². The molecule has 2 N–H and O–H groups in total. The van der Waals surface area contributed by atoms with Gasteiger partial charge >= 0.3 is 0 Å². The fraction of sp³-hybridized carbons (Fsp3) is 0.769. The highest BCUT2D eigenvalue weighted by atomic mass is 16.3. The second-order valence-corrected chi connectivity index (χ2v) is 5.29. The number of hydrogen-bond donors (Lipinski definition) is 2. The van der Waals surface area contributed by atoms with Crippen molar-refractivity contribution in [3.05, 3.63) is 18.0 Å². The molecule has 4 nitrogen and oxygen atoms in total. The van der Waals surface area contributed by atoms with Gasteiger partial charge in [-0.25, -0.2) is 0 Å². The van der Waals surface area contributed by atoms with Crippen molar-refractivity contribution in [2.45, 2.75) is 46.3 Å². The lowest BCUT2D eigenvalue weighted by Gasteiger charge is -2.12. The van der Waals surface area contributed by atoms with E-state index in [0.29, 0.717) is 24.9 Å². The van der Waals surface area contributed by atoms with Gasteiger partial charge in [-0.2, -0.15) is 5.10 Å². The lowest BCUT2D eigenvalue weighted by Crippen LogP contribution is -2.31. The van der Waals surface area contributed by atoms with E-state index >= 15 is 0 Å². The topological polar surface area (TPSA) is 50.1 Å². The minimum atomic E-state index is -0.357. The smallest absolute Gasteiger partial charge is 0.0720 e. The van der Waals surface area contributed by atoms with Crippen LogP contribution >= 0.6 is 0 Å². The van der Waals surface area contributed by atoms with Crippen LogP contribution in [-0.4, -0.2) is 34.1 Å². The first kappa shape index (κ1) is 14.2. The third-order valence-electron chi connectivity index (χ3n) is 2.57. The first-order chi connectivity index (χ1) is 7.99. The van der Waals surface area contributed by atoms with Crippen molar-refractivity contribution in [2.75, 3.05) is 13.1 Å². The SMILES string of the molecule is CC(C)CNCC(O)Cc1ccn(C(C)C)n1. The molecule has 0 saturated heterocycles. The zero-order valence-electron chi connectivity index (χ0n) is 11.3. The highest BCUT2D eigenvalue weighted by Crippen LogP contribution is 2.06. The van der Waals surface area contributed by atoms with Crippen LogP contribution in [0.1, 0.15) is 39.4 Å². The molecule has 0 aliphatic carbocycles. The average Bonchev–Trinajstić information content (AvgIpc) is 2.65. The maximum Gasteiger partial charge on any atom is 0.0720 e. The molecule has 0 aliphatic rings. The number of nitrogens with one attached hydrogen (secondary N) is 1. The van der Waals surface area contributed by atoms with E-state index in [0.717, 1.165) is 12.2 Å². The average molecular weight is 239 g/mol. The maximum atomic E-state index is 9.85. The Morgan fingerprint density at radius 2 is 2.00 bits per heavy atom. The zero-order valence-corrected chi connectivity index (χ0v) is 11.3. The Balaban J connectivity index is 2.32. The molecule has 0 spiro atoms. The monoisotopic (exact) mass is 239 g/mol. The van der Waals surface area contributed by atoms with Crippen molar-refractivity contribution in [3.8, 4) is 0 Å². The van der Waals surface area contributed by atoms with E-state index in [1.807, 2.05) is 16.9 Å². The van der Waals surface area contributed by atoms with Gasteiger partial charge in [-0.1, -0.05) is 13.8 Å². The molecule has 1 rings (SSSR count). The summed E-state index contributed by atoms with van der Waals surface area (Å²) in [5, 5.41) is 17.5. The van der Waals surface area contributed by atoms with E-state index in [1.165, 1.54) is 0 Å². The number of aromatic nitrogens is 2. The van der Waals surface area contributed by atoms with Crippen molar-refractivity contribution >= 4 is 0 Å². The van der Waals surface area contributed by atoms with Crippen molar-refractivity contribution < 1.29 is 5.11 Å². The summed E-state index contributed by atoms with van der Waals surface area (Å²) in [6.07, 6.45) is 2.23. The molecule has 0 amide bonds. The van der Waals surface area contributed by atoms with Gasteiger partial charge in [0.05, 0.1) is 11.8 Å². The molecule has 4 heteroatoms. The third-order valence-corrected chi connectivity index (χ3v) is 2.57. The molecule has 1 aromatic rings. The quantitative estimate of drug-likeness (QED) is 0.760. The molecule has 0 saturated carbocycles. The van der Waals surface area contributed by atoms with E-state index in [2.05, 4.69) is 38.1 Å². The molecular weight excluding hydrogens is 214 g/mol. The van der Waals surface area contributed by atoms with Crippen LogP contribution in [0, 0.1) is 5.92 Å². The van der Waals surface area contributed by atoms with Crippen LogP contribution in [0.3, 0.4) is 0 Å². The minimum Gasteiger partial charge on any atom is -0.391 e. The summed E-state index contributed by atoms with van der Waals surface area (Å²) in [4.78, 5) is 0. The van der Waals surface area contributed by atoms with E-state index in [-0.39, 0.29) is 6.10 Å². The summed E-state index contributed by atoms with van der Waals surface area (Å²) in [5.74, 6) is 0.613. The number of nitrogens with zero attached hydrogens (tertiary/aromatic N) is 2. The zero-order chi connectivity index (χ0) is 12.8. The Kier molecular flexibility index (Phi) is 5.65. The fourth-order valence-electron chi connectivity index (χ4n) is 1.63. The fourth-order valence-corrected chi connectivity index (χ4v) is 1.63. The first-order valence-corrected chi connectivity index (χ1v) is 6.42. The molecule has 98 valence electrons. The highest BCUT2D eigenvalue weighted by Gasteiger charge is 2.09. The molecule has 1 heterocycles. The van der Waals surface area contributed by atoms with Gasteiger partial charge in [-0.3, -0.25) is 4.68 Å². The third kappa shape index (κ3) is 5.33. The van der Waals surface area contributed by atoms with Crippen molar-refractivity contribution in [2.24, 2.45) is 5.92 Å². The molecule has 0 aromatic carbocycles. The standard InChI is InChI=1S/C13H25N3O/c1-10(2)8-14-9-13(17)7-12-5-6-16(15-12)11(3)4/h5-6,10-11,13-14,17H,7-9H2,1-4H3. The van der Waals surface area contributed by atoms with Crippen LogP contribution in [-0.2, 0) is 6.42 Å². The van der Waals surface area contributed by atoms with Crippen molar-refractivity contribution in [3.63, 3.8) is 0 Å². The van der Waals surface area contributed by atoms with Crippen LogP contribution in [0.4, 0.5) is 0 Å². The summed E-state index contributed by atoms with van der Waals surface area (Å²) in [6.45, 7) is 10.1. The van der Waals surface area contributed by atoms with E-state index in [9.17, 15) is 5.11 Å². The van der Waals surface area contributed by atoms with Crippen LogP contribution in [0.25, 0.3) is 0 Å². The van der Waals surface area contributed by atoms with Gasteiger partial charge in [-0.15, -0.1) is 0 Å². The Bertz CT molecular complexity index is 320. The van der Waals surface area contributed by atoms with Gasteiger partial charge in [0.1, 0.15) is 0 Å². The van der Waals surface area contributed by atoms with Gasteiger partial charge in [0.15, 0.2) is 0 Å². The number of aliphatic hydroxyl groups excluding tert-OH is 1. The molecule has 1 aromatic heterocycles. The molecule has 0 radical (unpaired) electrons. The number of rotatable bonds is 7. The lowest BCUT2D eigenvalue weighted by atomic mass is 10.2.